The number of carbonyl (C=O) groups is 1. The first-order valence-corrected chi connectivity index (χ1v) is 10.1. The second-order valence-corrected chi connectivity index (χ2v) is 7.73. The van der Waals surface area contributed by atoms with E-state index in [-0.39, 0.29) is 23.1 Å². The zero-order valence-electron chi connectivity index (χ0n) is 15.2. The van der Waals surface area contributed by atoms with Gasteiger partial charge in [-0.25, -0.2) is 0 Å². The molecule has 1 heterocycles. The van der Waals surface area contributed by atoms with E-state index in [4.69, 9.17) is 13.9 Å². The van der Waals surface area contributed by atoms with Crippen molar-refractivity contribution in [1.29, 1.82) is 0 Å². The summed E-state index contributed by atoms with van der Waals surface area (Å²) in [6, 6.07) is 12.0. The molecular weight excluding hydrogens is 424 g/mol. The van der Waals surface area contributed by atoms with Gasteiger partial charge in [0.25, 0.3) is 0 Å². The number of para-hydroxylation sites is 1. The van der Waals surface area contributed by atoms with Crippen LogP contribution in [0.25, 0.3) is 11.0 Å². The molecule has 5 nitrogen and oxygen atoms in total. The summed E-state index contributed by atoms with van der Waals surface area (Å²) in [4.78, 5) is 25.0. The summed E-state index contributed by atoms with van der Waals surface area (Å²) in [5.74, 6) is 0.732. The predicted octanol–water partition coefficient (Wildman–Crippen LogP) is 5.83. The van der Waals surface area contributed by atoms with Gasteiger partial charge in [0.1, 0.15) is 23.3 Å². The molecule has 0 aliphatic heterocycles. The van der Waals surface area contributed by atoms with Gasteiger partial charge in [0.2, 0.25) is 11.2 Å². The number of halogens is 1. The van der Waals surface area contributed by atoms with Gasteiger partial charge < -0.3 is 13.9 Å². The quantitative estimate of drug-likeness (QED) is 0.375. The first-order valence-electron chi connectivity index (χ1n) is 9.31. The highest BCUT2D eigenvalue weighted by molar-refractivity contribution is 9.10. The summed E-state index contributed by atoms with van der Waals surface area (Å²) >= 11 is 3.39. The molecule has 0 bridgehead atoms. The molecule has 1 fully saturated rings. The molecule has 0 unspecified atom stereocenters. The molecule has 1 saturated carbocycles. The fourth-order valence-corrected chi connectivity index (χ4v) is 3.77. The minimum Gasteiger partial charge on any atom is -0.460 e. The molecule has 6 heteroatoms. The molecule has 0 spiro atoms. The number of hydrogen-bond acceptors (Lipinski definition) is 5. The van der Waals surface area contributed by atoms with Crippen molar-refractivity contribution in [2.24, 2.45) is 5.92 Å². The van der Waals surface area contributed by atoms with Crippen LogP contribution in [0.4, 0.5) is 0 Å². The summed E-state index contributed by atoms with van der Waals surface area (Å²) in [5, 5.41) is 0.363. The molecule has 1 aliphatic carbocycles. The van der Waals surface area contributed by atoms with Gasteiger partial charge in [0, 0.05) is 6.07 Å². The lowest BCUT2D eigenvalue weighted by atomic mass is 9.89. The van der Waals surface area contributed by atoms with Crippen molar-refractivity contribution in [3.8, 4) is 17.2 Å². The van der Waals surface area contributed by atoms with E-state index < -0.39 is 0 Å². The van der Waals surface area contributed by atoms with Crippen LogP contribution in [0.5, 0.6) is 17.2 Å². The number of rotatable bonds is 4. The molecule has 0 saturated heterocycles. The third kappa shape index (κ3) is 3.97. The molecule has 0 amide bonds. The molecule has 0 N–H and O–H groups in total. The lowest BCUT2D eigenvalue weighted by molar-refractivity contribution is -0.139. The van der Waals surface area contributed by atoms with Crippen molar-refractivity contribution in [3.63, 3.8) is 0 Å². The minimum absolute atomic E-state index is 0.0449. The first kappa shape index (κ1) is 18.7. The largest absolute Gasteiger partial charge is 0.460 e. The molecule has 28 heavy (non-hydrogen) atoms. The number of fused-ring (bicyclic) bond motifs is 1. The van der Waals surface area contributed by atoms with Gasteiger partial charge in [0.15, 0.2) is 0 Å². The maximum absolute atomic E-state index is 12.7. The van der Waals surface area contributed by atoms with Crippen molar-refractivity contribution in [2.45, 2.75) is 32.1 Å². The SMILES string of the molecule is O=C(Oc1ccc2c(=O)c(Oc3ccccc3Br)coc2c1)C1CCCCC1. The number of benzene rings is 2. The van der Waals surface area contributed by atoms with Gasteiger partial charge in [-0.3, -0.25) is 9.59 Å². The van der Waals surface area contributed by atoms with Gasteiger partial charge in [-0.05, 0) is 53.0 Å². The Morgan fingerprint density at radius 3 is 2.61 bits per heavy atom. The molecule has 3 aromatic rings. The van der Waals surface area contributed by atoms with Gasteiger partial charge in [-0.15, -0.1) is 0 Å². The van der Waals surface area contributed by atoms with Crippen LogP contribution in [-0.2, 0) is 4.79 Å². The molecule has 0 atom stereocenters. The van der Waals surface area contributed by atoms with Crippen molar-refractivity contribution in [3.05, 3.63) is 63.4 Å². The number of hydrogen-bond donors (Lipinski definition) is 0. The fourth-order valence-electron chi connectivity index (χ4n) is 3.41. The Bertz CT molecular complexity index is 1070. The van der Waals surface area contributed by atoms with Crippen molar-refractivity contribution < 1.29 is 18.7 Å². The van der Waals surface area contributed by atoms with Gasteiger partial charge in [-0.2, -0.15) is 0 Å². The Kier molecular flexibility index (Phi) is 5.48. The van der Waals surface area contributed by atoms with E-state index in [0.29, 0.717) is 22.5 Å². The Balaban J connectivity index is 1.57. The highest BCUT2D eigenvalue weighted by atomic mass is 79.9. The first-order chi connectivity index (χ1) is 13.6. The molecular formula is C22H19BrO5. The smallest absolute Gasteiger partial charge is 0.314 e. The lowest BCUT2D eigenvalue weighted by Gasteiger charge is -2.19. The van der Waals surface area contributed by atoms with Crippen LogP contribution in [0.1, 0.15) is 32.1 Å². The van der Waals surface area contributed by atoms with E-state index >= 15 is 0 Å². The van der Waals surface area contributed by atoms with E-state index in [9.17, 15) is 9.59 Å². The van der Waals surface area contributed by atoms with E-state index in [1.165, 1.54) is 12.7 Å². The molecule has 1 aliphatic rings. The standard InChI is InChI=1S/C22H19BrO5/c23-17-8-4-5-9-18(17)28-20-13-26-19-12-15(10-11-16(19)21(20)24)27-22(25)14-6-2-1-3-7-14/h4-5,8-14H,1-3,6-7H2. The third-order valence-corrected chi connectivity index (χ3v) is 5.58. The van der Waals surface area contributed by atoms with Crippen molar-refractivity contribution >= 4 is 32.9 Å². The van der Waals surface area contributed by atoms with Crippen LogP contribution in [0.2, 0.25) is 0 Å². The van der Waals surface area contributed by atoms with E-state index in [1.54, 1.807) is 24.3 Å². The van der Waals surface area contributed by atoms with Crippen LogP contribution >= 0.6 is 15.9 Å². The molecule has 2 aromatic carbocycles. The highest BCUT2D eigenvalue weighted by Crippen LogP contribution is 2.30. The van der Waals surface area contributed by atoms with Crippen LogP contribution in [0, 0.1) is 5.92 Å². The average molecular weight is 443 g/mol. The second kappa shape index (κ2) is 8.19. The number of ether oxygens (including phenoxy) is 2. The van der Waals surface area contributed by atoms with Gasteiger partial charge >= 0.3 is 5.97 Å². The maximum Gasteiger partial charge on any atom is 0.314 e. The second-order valence-electron chi connectivity index (χ2n) is 6.88. The summed E-state index contributed by atoms with van der Waals surface area (Å²) in [7, 11) is 0. The number of carbonyl (C=O) groups excluding carboxylic acids is 1. The van der Waals surface area contributed by atoms with Crippen molar-refractivity contribution in [2.75, 3.05) is 0 Å². The summed E-state index contributed by atoms with van der Waals surface area (Å²) in [5.41, 5.74) is 0.0561. The third-order valence-electron chi connectivity index (χ3n) is 4.93. The van der Waals surface area contributed by atoms with Crippen LogP contribution in [0.15, 0.2) is 62.4 Å². The van der Waals surface area contributed by atoms with E-state index in [2.05, 4.69) is 15.9 Å². The predicted molar refractivity (Wildman–Crippen MR) is 109 cm³/mol. The Morgan fingerprint density at radius 2 is 1.82 bits per heavy atom. The maximum atomic E-state index is 12.7. The Morgan fingerprint density at radius 1 is 1.04 bits per heavy atom. The Hall–Kier alpha value is -2.60. The molecule has 0 radical (unpaired) electrons. The monoisotopic (exact) mass is 442 g/mol. The Labute approximate surface area is 170 Å². The summed E-state index contributed by atoms with van der Waals surface area (Å²) in [6.45, 7) is 0. The van der Waals surface area contributed by atoms with E-state index in [1.807, 2.05) is 18.2 Å². The van der Waals surface area contributed by atoms with Crippen molar-refractivity contribution in [1.82, 2.24) is 0 Å². The molecule has 144 valence electrons. The fraction of sp³-hybridized carbons (Fsp3) is 0.273. The topological polar surface area (TPSA) is 65.7 Å². The van der Waals surface area contributed by atoms with Crippen LogP contribution < -0.4 is 14.9 Å². The molecule has 1 aromatic heterocycles. The van der Waals surface area contributed by atoms with Crippen LogP contribution in [0.3, 0.4) is 0 Å². The van der Waals surface area contributed by atoms with E-state index in [0.717, 1.165) is 30.2 Å². The zero-order chi connectivity index (χ0) is 19.5. The number of esters is 1. The highest BCUT2D eigenvalue weighted by Gasteiger charge is 2.23. The van der Waals surface area contributed by atoms with Gasteiger partial charge in [-0.1, -0.05) is 31.4 Å². The van der Waals surface area contributed by atoms with Crippen LogP contribution in [-0.4, -0.2) is 5.97 Å². The summed E-state index contributed by atoms with van der Waals surface area (Å²) in [6.07, 6.45) is 6.32. The zero-order valence-corrected chi connectivity index (χ0v) is 16.7. The molecule has 4 rings (SSSR count). The normalized spacial score (nSPS) is 14.8. The minimum atomic E-state index is -0.290. The lowest BCUT2D eigenvalue weighted by Crippen LogP contribution is -2.22. The summed E-state index contributed by atoms with van der Waals surface area (Å²) < 4.78 is 17.5. The average Bonchev–Trinajstić information content (AvgIpc) is 2.72. The van der Waals surface area contributed by atoms with Gasteiger partial charge in [0.05, 0.1) is 15.8 Å².